The number of phenols is 1. The van der Waals surface area contributed by atoms with Crippen LogP contribution in [-0.2, 0) is 16.1 Å². The number of carbonyl (C=O) groups excluding carboxylic acids is 3. The summed E-state index contributed by atoms with van der Waals surface area (Å²) in [6.45, 7) is 7.22. The van der Waals surface area contributed by atoms with Gasteiger partial charge in [0.05, 0.1) is 24.9 Å². The minimum Gasteiger partial charge on any atom is -0.508 e. The van der Waals surface area contributed by atoms with Gasteiger partial charge in [0.2, 0.25) is 11.8 Å². The highest BCUT2D eigenvalue weighted by Crippen LogP contribution is 2.47. The van der Waals surface area contributed by atoms with E-state index in [9.17, 15) is 19.5 Å². The number of hydrogen-bond donors (Lipinski definition) is 2. The van der Waals surface area contributed by atoms with E-state index in [-0.39, 0.29) is 41.9 Å². The van der Waals surface area contributed by atoms with Crippen LogP contribution >= 0.6 is 0 Å². The first kappa shape index (κ1) is 34.8. The molecule has 4 aromatic rings. The second-order valence-corrected chi connectivity index (χ2v) is 16.2. The van der Waals surface area contributed by atoms with Crippen molar-refractivity contribution in [3.05, 3.63) is 107 Å². The van der Waals surface area contributed by atoms with Crippen LogP contribution in [0, 0.1) is 5.92 Å². The zero-order valence-electron chi connectivity index (χ0n) is 31.3. The number of aromatic hydroxyl groups is 1. The number of rotatable bonds is 6. The Morgan fingerprint density at radius 1 is 0.839 bits per heavy atom. The third kappa shape index (κ3) is 6.20. The quantitative estimate of drug-likeness (QED) is 0.269. The Kier molecular flexibility index (Phi) is 8.80. The number of fused-ring (bicyclic) bond motifs is 6. The number of carbonyl (C=O) groups is 3. The van der Waals surface area contributed by atoms with Crippen molar-refractivity contribution >= 4 is 29.2 Å². The van der Waals surface area contributed by atoms with Crippen molar-refractivity contribution in [2.24, 2.45) is 5.92 Å². The van der Waals surface area contributed by atoms with Crippen molar-refractivity contribution in [2.75, 3.05) is 62.3 Å². The first-order valence-corrected chi connectivity index (χ1v) is 20.0. The summed E-state index contributed by atoms with van der Waals surface area (Å²) in [6.07, 6.45) is 4.85. The van der Waals surface area contributed by atoms with Crippen LogP contribution in [0.15, 0.2) is 79.0 Å². The maximum Gasteiger partial charge on any atom is 0.255 e. The zero-order valence-corrected chi connectivity index (χ0v) is 31.3. The van der Waals surface area contributed by atoms with Gasteiger partial charge in [0.1, 0.15) is 35.7 Å². The topological polar surface area (TPSA) is 128 Å². The van der Waals surface area contributed by atoms with Crippen LogP contribution in [0.3, 0.4) is 0 Å². The molecule has 0 spiro atoms. The summed E-state index contributed by atoms with van der Waals surface area (Å²) >= 11 is 0. The van der Waals surface area contributed by atoms with Gasteiger partial charge in [-0.2, -0.15) is 0 Å². The van der Waals surface area contributed by atoms with Gasteiger partial charge in [-0.05, 0) is 60.6 Å². The number of phenolic OH excluding ortho intramolecular Hbond substituents is 1. The first-order valence-electron chi connectivity index (χ1n) is 20.0. The van der Waals surface area contributed by atoms with E-state index in [1.54, 1.807) is 17.0 Å². The predicted octanol–water partition coefficient (Wildman–Crippen LogP) is 4.66. The van der Waals surface area contributed by atoms with Gasteiger partial charge in [0.25, 0.3) is 5.91 Å². The third-order valence-corrected chi connectivity index (χ3v) is 12.9. The van der Waals surface area contributed by atoms with Crippen LogP contribution < -0.4 is 24.6 Å². The van der Waals surface area contributed by atoms with E-state index in [1.165, 1.54) is 5.56 Å². The minimum absolute atomic E-state index is 0.0675. The summed E-state index contributed by atoms with van der Waals surface area (Å²) in [4.78, 5) is 51.7. The number of hydrogen-bond acceptors (Lipinski definition) is 10. The Bertz CT molecular complexity index is 2170. The summed E-state index contributed by atoms with van der Waals surface area (Å²) < 4.78 is 12.6. The average Bonchev–Trinajstić information content (AvgIpc) is 3.56. The lowest BCUT2D eigenvalue weighted by Crippen LogP contribution is -2.58. The maximum atomic E-state index is 13.4. The van der Waals surface area contributed by atoms with E-state index in [4.69, 9.17) is 14.5 Å². The van der Waals surface area contributed by atoms with Crippen molar-refractivity contribution < 1.29 is 29.0 Å². The lowest BCUT2D eigenvalue weighted by Gasteiger charge is -2.47. The number of ether oxygens (including phenoxy) is 2. The monoisotopic (exact) mass is 754 g/mol. The lowest BCUT2D eigenvalue weighted by atomic mass is 9.76. The molecular formula is C44H46N6O6. The highest BCUT2D eigenvalue weighted by atomic mass is 16.5. The Labute approximate surface area is 326 Å². The maximum absolute atomic E-state index is 13.4. The van der Waals surface area contributed by atoms with E-state index in [2.05, 4.69) is 56.4 Å². The van der Waals surface area contributed by atoms with Gasteiger partial charge >= 0.3 is 0 Å². The van der Waals surface area contributed by atoms with Crippen LogP contribution in [0.4, 0.5) is 11.5 Å². The van der Waals surface area contributed by atoms with Crippen LogP contribution in [0.1, 0.15) is 70.1 Å². The fraction of sp³-hybridized carbons (Fsp3) is 0.409. The van der Waals surface area contributed by atoms with Crippen molar-refractivity contribution in [3.63, 3.8) is 0 Å². The third-order valence-electron chi connectivity index (χ3n) is 12.9. The summed E-state index contributed by atoms with van der Waals surface area (Å²) in [5, 5.41) is 12.5. The molecule has 3 saturated heterocycles. The number of imide groups is 1. The molecule has 2 N–H and O–H groups in total. The molecule has 3 aromatic carbocycles. The molecule has 3 fully saturated rings. The normalized spacial score (nSPS) is 25.1. The molecule has 56 heavy (non-hydrogen) atoms. The zero-order chi connectivity index (χ0) is 37.9. The highest BCUT2D eigenvalue weighted by molar-refractivity contribution is 6.06. The molecule has 1 unspecified atom stereocenters. The van der Waals surface area contributed by atoms with Gasteiger partial charge in [-0.1, -0.05) is 42.5 Å². The number of nitrogens with one attached hydrogen (secondary N) is 1. The predicted molar refractivity (Wildman–Crippen MR) is 209 cm³/mol. The van der Waals surface area contributed by atoms with Gasteiger partial charge in [-0.25, -0.2) is 4.98 Å². The van der Waals surface area contributed by atoms with Crippen LogP contribution in [-0.4, -0.2) is 102 Å². The molecule has 0 radical (unpaired) electrons. The van der Waals surface area contributed by atoms with E-state index < -0.39 is 11.9 Å². The Balaban J connectivity index is 0.758. The molecule has 10 rings (SSSR count). The summed E-state index contributed by atoms with van der Waals surface area (Å²) in [7, 11) is 0. The van der Waals surface area contributed by atoms with Gasteiger partial charge < -0.3 is 29.3 Å². The van der Waals surface area contributed by atoms with E-state index >= 15 is 0 Å². The van der Waals surface area contributed by atoms with Crippen molar-refractivity contribution in [1.82, 2.24) is 20.1 Å². The van der Waals surface area contributed by atoms with Crippen LogP contribution in [0.2, 0.25) is 0 Å². The SMILES string of the molecule is O=C1CCC(N2Cc3c(ccc4c3OC[C@H]3CN(CC5CCN(c6ccc([C@H]7c8ccc(O)cc8OC[C@H]7c7ccccc7)cn6)CC5)CCN43)C2=O)C(=O)N1. The van der Waals surface area contributed by atoms with Gasteiger partial charge in [0.15, 0.2) is 0 Å². The number of anilines is 2. The van der Waals surface area contributed by atoms with Gasteiger partial charge in [-0.15, -0.1) is 0 Å². The molecule has 6 aliphatic rings. The fourth-order valence-electron chi connectivity index (χ4n) is 9.99. The number of piperazine rings is 1. The standard InChI is InChI=1S/C44H46N6O6/c51-31-7-8-33-38(20-31)55-26-35(28-4-2-1-3-5-28)41(33)29-6-12-39(45-21-29)48-16-14-27(15-17-48)22-47-18-19-49-30(23-47)25-56-42-34-24-50(37-11-13-40(52)46-43(37)53)44(54)32(34)9-10-36(42)49/h1-10,12,20-21,27,30,35,37,41,51H,11,13-19,22-26H2,(H,46,52,53)/t30-,35+,37?,41+/m1/s1. The Hall–Kier alpha value is -5.62. The number of aromatic nitrogens is 1. The molecule has 1 aromatic heterocycles. The molecule has 6 aliphatic heterocycles. The molecule has 4 atom stereocenters. The number of amides is 3. The van der Waals surface area contributed by atoms with Crippen LogP contribution in [0.5, 0.6) is 17.2 Å². The van der Waals surface area contributed by atoms with Crippen molar-refractivity contribution in [3.8, 4) is 17.2 Å². The average molecular weight is 755 g/mol. The second kappa shape index (κ2) is 14.1. The highest BCUT2D eigenvalue weighted by Gasteiger charge is 2.43. The number of nitrogens with zero attached hydrogens (tertiary/aromatic N) is 5. The van der Waals surface area contributed by atoms with E-state index in [0.29, 0.717) is 37.7 Å². The lowest BCUT2D eigenvalue weighted by molar-refractivity contribution is -0.136. The Morgan fingerprint density at radius 3 is 2.50 bits per heavy atom. The summed E-state index contributed by atoms with van der Waals surface area (Å²) in [5.41, 5.74) is 5.91. The molecular weight excluding hydrogens is 709 g/mol. The minimum atomic E-state index is -0.640. The molecule has 0 bridgehead atoms. The van der Waals surface area contributed by atoms with E-state index in [1.807, 2.05) is 30.5 Å². The fourth-order valence-corrected chi connectivity index (χ4v) is 9.99. The first-order chi connectivity index (χ1) is 27.4. The summed E-state index contributed by atoms with van der Waals surface area (Å²) in [6, 6.07) is 23.8. The molecule has 3 amide bonds. The number of benzene rings is 3. The molecule has 12 heteroatoms. The largest absolute Gasteiger partial charge is 0.508 e. The van der Waals surface area contributed by atoms with Crippen molar-refractivity contribution in [2.45, 2.75) is 56.1 Å². The molecule has 12 nitrogen and oxygen atoms in total. The molecule has 0 aliphatic carbocycles. The Morgan fingerprint density at radius 2 is 1.70 bits per heavy atom. The van der Waals surface area contributed by atoms with Gasteiger partial charge in [-0.3, -0.25) is 24.6 Å². The molecule has 288 valence electrons. The van der Waals surface area contributed by atoms with Crippen LogP contribution in [0.25, 0.3) is 0 Å². The molecule has 7 heterocycles. The summed E-state index contributed by atoms with van der Waals surface area (Å²) in [5.74, 6) is 2.68. The van der Waals surface area contributed by atoms with Crippen molar-refractivity contribution in [1.29, 1.82) is 0 Å². The molecule has 0 saturated carbocycles. The second-order valence-electron chi connectivity index (χ2n) is 16.2. The van der Waals surface area contributed by atoms with Gasteiger partial charge in [0, 0.05) is 86.5 Å². The van der Waals surface area contributed by atoms with E-state index in [0.717, 1.165) is 91.8 Å². The smallest absolute Gasteiger partial charge is 0.255 e. The number of piperidine rings is 2. The number of pyridine rings is 1.